The van der Waals surface area contributed by atoms with Crippen molar-refractivity contribution in [2.24, 2.45) is 5.41 Å². The summed E-state index contributed by atoms with van der Waals surface area (Å²) in [5, 5.41) is 0. The molecular weight excluding hydrogens is 168 g/mol. The minimum atomic E-state index is 0.202. The van der Waals surface area contributed by atoms with E-state index in [1.165, 1.54) is 27.9 Å². The van der Waals surface area contributed by atoms with Crippen molar-refractivity contribution in [3.63, 3.8) is 0 Å². The summed E-state index contributed by atoms with van der Waals surface area (Å²) < 4.78 is 0. The summed E-state index contributed by atoms with van der Waals surface area (Å²) in [6.07, 6.45) is 6.73. The summed E-state index contributed by atoms with van der Waals surface area (Å²) >= 11 is 0. The molecule has 0 amide bonds. The monoisotopic (exact) mass is 186 g/mol. The van der Waals surface area contributed by atoms with E-state index in [-0.39, 0.29) is 5.41 Å². The van der Waals surface area contributed by atoms with Crippen LogP contribution in [0.1, 0.15) is 34.6 Å². The van der Waals surface area contributed by atoms with Gasteiger partial charge in [-0.3, -0.25) is 0 Å². The van der Waals surface area contributed by atoms with Crippen LogP contribution in [0.5, 0.6) is 0 Å². The van der Waals surface area contributed by atoms with E-state index in [9.17, 15) is 0 Å². The molecule has 0 radical (unpaired) electrons. The first kappa shape index (κ1) is 9.51. The third kappa shape index (κ3) is 1.06. The molecule has 0 heteroatoms. The normalized spacial score (nSPS) is 24.2. The average molecular weight is 186 g/mol. The first-order chi connectivity index (χ1) is 6.45. The van der Waals surface area contributed by atoms with Gasteiger partial charge < -0.3 is 0 Å². The molecule has 0 fully saturated rings. The number of fused-ring (bicyclic) bond motifs is 1. The summed E-state index contributed by atoms with van der Waals surface area (Å²) in [5.41, 5.74) is 7.57. The van der Waals surface area contributed by atoms with Crippen LogP contribution in [0.3, 0.4) is 0 Å². The lowest BCUT2D eigenvalue weighted by molar-refractivity contribution is 0.581. The first-order valence-electron chi connectivity index (χ1n) is 5.24. The van der Waals surface area contributed by atoms with E-state index in [2.05, 4.69) is 52.8 Å². The lowest BCUT2D eigenvalue weighted by Gasteiger charge is -2.28. The maximum absolute atomic E-state index is 2.29. The zero-order chi connectivity index (χ0) is 10.5. The molecule has 0 N–H and O–H groups in total. The van der Waals surface area contributed by atoms with Gasteiger partial charge >= 0.3 is 0 Å². The molecule has 2 aliphatic carbocycles. The van der Waals surface area contributed by atoms with Gasteiger partial charge in [0.1, 0.15) is 0 Å². The van der Waals surface area contributed by atoms with Gasteiger partial charge in [-0.2, -0.15) is 0 Å². The molecule has 0 saturated carbocycles. The number of hydrogen-bond donors (Lipinski definition) is 0. The Bertz CT molecular complexity index is 409. The first-order valence-corrected chi connectivity index (χ1v) is 5.24. The number of hydrogen-bond acceptors (Lipinski definition) is 0. The second-order valence-electron chi connectivity index (χ2n) is 4.91. The topological polar surface area (TPSA) is 0 Å². The molecule has 0 atom stereocenters. The van der Waals surface area contributed by atoms with Crippen LogP contribution in [0.15, 0.2) is 46.1 Å². The molecule has 0 aromatic carbocycles. The predicted molar refractivity (Wildman–Crippen MR) is 62.1 cm³/mol. The van der Waals surface area contributed by atoms with Gasteiger partial charge in [0.2, 0.25) is 0 Å². The van der Waals surface area contributed by atoms with Crippen LogP contribution >= 0.6 is 0 Å². The van der Waals surface area contributed by atoms with E-state index in [4.69, 9.17) is 0 Å². The van der Waals surface area contributed by atoms with Gasteiger partial charge in [-0.05, 0) is 48.6 Å². The minimum absolute atomic E-state index is 0.202. The molecule has 0 spiro atoms. The number of rotatable bonds is 0. The van der Waals surface area contributed by atoms with Gasteiger partial charge in [0.05, 0.1) is 0 Å². The fourth-order valence-corrected chi connectivity index (χ4v) is 2.57. The van der Waals surface area contributed by atoms with Gasteiger partial charge in [0.25, 0.3) is 0 Å². The highest BCUT2D eigenvalue weighted by Crippen LogP contribution is 2.47. The molecule has 74 valence electrons. The van der Waals surface area contributed by atoms with E-state index in [0.29, 0.717) is 0 Å². The minimum Gasteiger partial charge on any atom is -0.0744 e. The summed E-state index contributed by atoms with van der Waals surface area (Å²) in [5.74, 6) is 0. The largest absolute Gasteiger partial charge is 0.0744 e. The Hall–Kier alpha value is -1.04. The summed E-state index contributed by atoms with van der Waals surface area (Å²) in [6, 6.07) is 0. The van der Waals surface area contributed by atoms with E-state index >= 15 is 0 Å². The second kappa shape index (κ2) is 2.73. The van der Waals surface area contributed by atoms with Crippen LogP contribution in [-0.4, -0.2) is 0 Å². The van der Waals surface area contributed by atoms with Crippen LogP contribution in [0.4, 0.5) is 0 Å². The van der Waals surface area contributed by atoms with E-state index < -0.39 is 0 Å². The Morgan fingerprint density at radius 1 is 0.929 bits per heavy atom. The zero-order valence-electron chi connectivity index (χ0n) is 9.73. The van der Waals surface area contributed by atoms with Crippen molar-refractivity contribution in [3.05, 3.63) is 46.1 Å². The molecule has 0 aromatic rings. The summed E-state index contributed by atoms with van der Waals surface area (Å²) in [6.45, 7) is 11.3. The Balaban J connectivity index is 2.67. The molecule has 0 aromatic heterocycles. The van der Waals surface area contributed by atoms with Crippen molar-refractivity contribution in [1.29, 1.82) is 0 Å². The Kier molecular flexibility index (Phi) is 1.85. The molecule has 0 bridgehead atoms. The lowest BCUT2D eigenvalue weighted by Crippen LogP contribution is -2.15. The third-order valence-electron chi connectivity index (χ3n) is 3.59. The SMILES string of the molecule is CC1=C(C)C(C)=C2C1=CC=CC2(C)C. The van der Waals surface area contributed by atoms with Crippen molar-refractivity contribution in [2.45, 2.75) is 34.6 Å². The van der Waals surface area contributed by atoms with Crippen LogP contribution in [0.25, 0.3) is 0 Å². The van der Waals surface area contributed by atoms with E-state index in [1.54, 1.807) is 0 Å². The molecule has 0 heterocycles. The van der Waals surface area contributed by atoms with Crippen LogP contribution in [-0.2, 0) is 0 Å². The van der Waals surface area contributed by atoms with Crippen molar-refractivity contribution < 1.29 is 0 Å². The lowest BCUT2D eigenvalue weighted by atomic mass is 9.76. The Morgan fingerprint density at radius 3 is 2.14 bits per heavy atom. The Morgan fingerprint density at radius 2 is 1.57 bits per heavy atom. The summed E-state index contributed by atoms with van der Waals surface area (Å²) in [4.78, 5) is 0. The molecular formula is C14H18. The predicted octanol–water partition coefficient (Wildman–Crippen LogP) is 4.18. The van der Waals surface area contributed by atoms with Crippen molar-refractivity contribution >= 4 is 0 Å². The molecule has 0 unspecified atom stereocenters. The smallest absolute Gasteiger partial charge is 0.00871 e. The van der Waals surface area contributed by atoms with Crippen molar-refractivity contribution in [2.75, 3.05) is 0 Å². The molecule has 0 saturated heterocycles. The molecule has 2 aliphatic rings. The fraction of sp³-hybridized carbons (Fsp3) is 0.429. The fourth-order valence-electron chi connectivity index (χ4n) is 2.57. The van der Waals surface area contributed by atoms with Crippen molar-refractivity contribution in [3.8, 4) is 0 Å². The van der Waals surface area contributed by atoms with E-state index in [1.807, 2.05) is 0 Å². The van der Waals surface area contributed by atoms with Crippen LogP contribution in [0, 0.1) is 5.41 Å². The zero-order valence-corrected chi connectivity index (χ0v) is 9.73. The van der Waals surface area contributed by atoms with Gasteiger partial charge in [0.15, 0.2) is 0 Å². The highest BCUT2D eigenvalue weighted by molar-refractivity contribution is 5.66. The quantitative estimate of drug-likeness (QED) is 0.532. The maximum atomic E-state index is 2.29. The van der Waals surface area contributed by atoms with Gasteiger partial charge in [-0.1, -0.05) is 32.1 Å². The van der Waals surface area contributed by atoms with E-state index in [0.717, 1.165) is 0 Å². The molecule has 14 heavy (non-hydrogen) atoms. The Labute approximate surface area is 86.7 Å². The highest BCUT2D eigenvalue weighted by atomic mass is 14.4. The highest BCUT2D eigenvalue weighted by Gasteiger charge is 2.32. The van der Waals surface area contributed by atoms with Crippen molar-refractivity contribution in [1.82, 2.24) is 0 Å². The van der Waals surface area contributed by atoms with Crippen LogP contribution in [0.2, 0.25) is 0 Å². The van der Waals surface area contributed by atoms with Gasteiger partial charge in [-0.25, -0.2) is 0 Å². The maximum Gasteiger partial charge on any atom is 0.00871 e. The van der Waals surface area contributed by atoms with Gasteiger partial charge in [-0.15, -0.1) is 0 Å². The standard InChI is InChI=1S/C14H18/c1-9-10(2)12-7-6-8-14(4,5)13(12)11(9)3/h6-8H,1-5H3. The molecule has 0 nitrogen and oxygen atoms in total. The van der Waals surface area contributed by atoms with Gasteiger partial charge in [0, 0.05) is 5.41 Å². The number of allylic oxidation sites excluding steroid dienone is 8. The third-order valence-corrected chi connectivity index (χ3v) is 3.59. The second-order valence-corrected chi connectivity index (χ2v) is 4.91. The molecule has 2 rings (SSSR count). The molecule has 0 aliphatic heterocycles. The summed E-state index contributed by atoms with van der Waals surface area (Å²) in [7, 11) is 0. The average Bonchev–Trinajstić information content (AvgIpc) is 2.31. The van der Waals surface area contributed by atoms with Crippen LogP contribution < -0.4 is 0 Å².